The molecule has 0 saturated carbocycles. The number of ketones is 1. The molecule has 2 aromatic carbocycles. The third-order valence-corrected chi connectivity index (χ3v) is 4.71. The summed E-state index contributed by atoms with van der Waals surface area (Å²) >= 11 is 0. The highest BCUT2D eigenvalue weighted by Gasteiger charge is 2.19. The van der Waals surface area contributed by atoms with Crippen molar-refractivity contribution in [1.82, 2.24) is 9.80 Å². The maximum atomic E-state index is 13.0. The predicted molar refractivity (Wildman–Crippen MR) is 114 cm³/mol. The molecule has 1 saturated heterocycles. The number of nitrogens with zero attached hydrogens (tertiary/aromatic N) is 3. The van der Waals surface area contributed by atoms with E-state index in [0.717, 1.165) is 38.3 Å². The first-order valence-electron chi connectivity index (χ1n) is 8.94. The number of hydrogen-bond donors (Lipinski definition) is 0. The lowest BCUT2D eigenvalue weighted by atomic mass is 10.1. The van der Waals surface area contributed by atoms with E-state index in [1.54, 1.807) is 24.3 Å². The lowest BCUT2D eigenvalue weighted by Gasteiger charge is -2.34. The van der Waals surface area contributed by atoms with Crippen LogP contribution in [0.3, 0.4) is 0 Å². The number of halogens is 3. The van der Waals surface area contributed by atoms with Crippen LogP contribution >= 0.6 is 24.8 Å². The first kappa shape index (κ1) is 25.0. The number of non-ortho nitro benzene ring substituents is 1. The SMILES string of the molecule is Cl.Cl.O=C(Cc1cccc([N+](=O)[O-])c1)CN1CCN(Cc2ccc(F)cc2)CC1. The van der Waals surface area contributed by atoms with E-state index >= 15 is 0 Å². The van der Waals surface area contributed by atoms with Gasteiger partial charge in [-0.3, -0.25) is 24.7 Å². The molecule has 3 rings (SSSR count). The molecule has 0 amide bonds. The third-order valence-electron chi connectivity index (χ3n) is 4.71. The Morgan fingerprint density at radius 3 is 2.21 bits per heavy atom. The van der Waals surface area contributed by atoms with Gasteiger partial charge in [-0.05, 0) is 23.3 Å². The second-order valence-electron chi connectivity index (χ2n) is 6.82. The van der Waals surface area contributed by atoms with E-state index in [0.29, 0.717) is 12.1 Å². The summed E-state index contributed by atoms with van der Waals surface area (Å²) in [5.41, 5.74) is 1.76. The number of rotatable bonds is 7. The van der Waals surface area contributed by atoms with E-state index in [2.05, 4.69) is 9.80 Å². The number of carbonyl (C=O) groups is 1. The van der Waals surface area contributed by atoms with Crippen molar-refractivity contribution in [3.8, 4) is 0 Å². The summed E-state index contributed by atoms with van der Waals surface area (Å²) in [4.78, 5) is 27.1. The highest BCUT2D eigenvalue weighted by Crippen LogP contribution is 2.14. The third kappa shape index (κ3) is 7.70. The topological polar surface area (TPSA) is 66.7 Å². The lowest BCUT2D eigenvalue weighted by molar-refractivity contribution is -0.384. The van der Waals surface area contributed by atoms with Crippen LogP contribution in [-0.2, 0) is 17.8 Å². The maximum absolute atomic E-state index is 13.0. The van der Waals surface area contributed by atoms with Crippen molar-refractivity contribution < 1.29 is 14.1 Å². The van der Waals surface area contributed by atoms with Gasteiger partial charge in [-0.1, -0.05) is 24.3 Å². The van der Waals surface area contributed by atoms with Gasteiger partial charge in [0.25, 0.3) is 5.69 Å². The average molecular weight is 444 g/mol. The molecule has 0 radical (unpaired) electrons. The summed E-state index contributed by atoms with van der Waals surface area (Å²) in [6.45, 7) is 4.41. The molecule has 0 spiro atoms. The van der Waals surface area contributed by atoms with Crippen molar-refractivity contribution in [2.45, 2.75) is 13.0 Å². The van der Waals surface area contributed by atoms with Crippen LogP contribution < -0.4 is 0 Å². The molecule has 9 heteroatoms. The van der Waals surface area contributed by atoms with E-state index in [4.69, 9.17) is 0 Å². The van der Waals surface area contributed by atoms with Crippen molar-refractivity contribution in [2.75, 3.05) is 32.7 Å². The molecular weight excluding hydrogens is 420 g/mol. The Balaban J connectivity index is 0.00000210. The van der Waals surface area contributed by atoms with Gasteiger partial charge in [-0.15, -0.1) is 24.8 Å². The van der Waals surface area contributed by atoms with E-state index in [1.165, 1.54) is 24.3 Å². The number of nitro benzene ring substituents is 1. The van der Waals surface area contributed by atoms with E-state index in [9.17, 15) is 19.3 Å². The molecule has 158 valence electrons. The first-order chi connectivity index (χ1) is 13.0. The van der Waals surface area contributed by atoms with Gasteiger partial charge < -0.3 is 0 Å². The monoisotopic (exact) mass is 443 g/mol. The molecular formula is C20H24Cl2FN3O3. The molecule has 6 nitrogen and oxygen atoms in total. The van der Waals surface area contributed by atoms with Crippen LogP contribution in [0, 0.1) is 15.9 Å². The second-order valence-corrected chi connectivity index (χ2v) is 6.82. The molecule has 29 heavy (non-hydrogen) atoms. The van der Waals surface area contributed by atoms with E-state index < -0.39 is 4.92 Å². The minimum atomic E-state index is -0.450. The summed E-state index contributed by atoms with van der Waals surface area (Å²) < 4.78 is 13.0. The normalized spacial score (nSPS) is 14.5. The largest absolute Gasteiger partial charge is 0.298 e. The van der Waals surface area contributed by atoms with Crippen LogP contribution in [0.25, 0.3) is 0 Å². The Bertz CT molecular complexity index is 813. The van der Waals surface area contributed by atoms with Gasteiger partial charge in [0.15, 0.2) is 5.78 Å². The smallest absolute Gasteiger partial charge is 0.269 e. The quantitative estimate of drug-likeness (QED) is 0.483. The summed E-state index contributed by atoms with van der Waals surface area (Å²) in [6, 6.07) is 12.8. The van der Waals surface area contributed by atoms with Crippen molar-refractivity contribution in [1.29, 1.82) is 0 Å². The van der Waals surface area contributed by atoms with Gasteiger partial charge in [0, 0.05) is 51.3 Å². The minimum absolute atomic E-state index is 0. The Morgan fingerprint density at radius 2 is 1.59 bits per heavy atom. The van der Waals surface area contributed by atoms with Crippen LogP contribution in [-0.4, -0.2) is 53.2 Å². The molecule has 1 aliphatic heterocycles. The van der Waals surface area contributed by atoms with Gasteiger partial charge >= 0.3 is 0 Å². The Hall–Kier alpha value is -2.06. The molecule has 1 fully saturated rings. The van der Waals surface area contributed by atoms with Gasteiger partial charge in [0.05, 0.1) is 11.5 Å². The van der Waals surface area contributed by atoms with Crippen molar-refractivity contribution in [3.63, 3.8) is 0 Å². The molecule has 0 bridgehead atoms. The second kappa shape index (κ2) is 11.8. The van der Waals surface area contributed by atoms with E-state index in [1.807, 2.05) is 0 Å². The number of carbonyl (C=O) groups excluding carboxylic acids is 1. The fraction of sp³-hybridized carbons (Fsp3) is 0.350. The summed E-state index contributed by atoms with van der Waals surface area (Å²) in [5, 5.41) is 10.8. The maximum Gasteiger partial charge on any atom is 0.269 e. The molecule has 1 heterocycles. The molecule has 0 aliphatic carbocycles. The standard InChI is InChI=1S/C20H22FN3O3.2ClH/c21-18-6-4-16(5-7-18)14-22-8-10-23(11-9-22)15-20(25)13-17-2-1-3-19(12-17)24(26)27;;/h1-7,12H,8-11,13-15H2;2*1H. The Kier molecular flexibility index (Phi) is 10.2. The minimum Gasteiger partial charge on any atom is -0.298 e. The fourth-order valence-corrected chi connectivity index (χ4v) is 3.27. The van der Waals surface area contributed by atoms with Crippen molar-refractivity contribution in [2.24, 2.45) is 0 Å². The zero-order valence-corrected chi connectivity index (χ0v) is 17.5. The van der Waals surface area contributed by atoms with Crippen LogP contribution in [0.15, 0.2) is 48.5 Å². The molecule has 1 aliphatic rings. The summed E-state index contributed by atoms with van der Waals surface area (Å²) in [5.74, 6) is -0.173. The number of Topliss-reactive ketones (excluding diaryl/α,β-unsaturated/α-hetero) is 1. The Morgan fingerprint density at radius 1 is 0.966 bits per heavy atom. The average Bonchev–Trinajstić information content (AvgIpc) is 2.65. The van der Waals surface area contributed by atoms with Gasteiger partial charge in [-0.2, -0.15) is 0 Å². The van der Waals surface area contributed by atoms with Gasteiger partial charge in [-0.25, -0.2) is 4.39 Å². The fourth-order valence-electron chi connectivity index (χ4n) is 3.27. The molecule has 0 aromatic heterocycles. The summed E-state index contributed by atoms with van der Waals surface area (Å²) in [6.07, 6.45) is 0.206. The highest BCUT2D eigenvalue weighted by molar-refractivity contribution is 5.85. The zero-order chi connectivity index (χ0) is 19.2. The number of nitro groups is 1. The lowest BCUT2D eigenvalue weighted by Crippen LogP contribution is -2.47. The molecule has 0 unspecified atom stereocenters. The number of hydrogen-bond acceptors (Lipinski definition) is 5. The first-order valence-corrected chi connectivity index (χ1v) is 8.94. The molecule has 0 atom stereocenters. The van der Waals surface area contributed by atoms with Gasteiger partial charge in [0.2, 0.25) is 0 Å². The molecule has 2 aromatic rings. The van der Waals surface area contributed by atoms with E-state index in [-0.39, 0.29) is 48.5 Å². The number of benzene rings is 2. The van der Waals surface area contributed by atoms with Crippen LogP contribution in [0.5, 0.6) is 0 Å². The summed E-state index contributed by atoms with van der Waals surface area (Å²) in [7, 11) is 0. The van der Waals surface area contributed by atoms with Crippen molar-refractivity contribution in [3.05, 3.63) is 75.6 Å². The van der Waals surface area contributed by atoms with Crippen LogP contribution in [0.4, 0.5) is 10.1 Å². The van der Waals surface area contributed by atoms with Gasteiger partial charge in [0.1, 0.15) is 5.82 Å². The Labute approximate surface area is 181 Å². The molecule has 0 N–H and O–H groups in total. The zero-order valence-electron chi connectivity index (χ0n) is 15.8. The van der Waals surface area contributed by atoms with Crippen molar-refractivity contribution >= 4 is 36.3 Å². The van der Waals surface area contributed by atoms with Crippen LogP contribution in [0.1, 0.15) is 11.1 Å². The highest BCUT2D eigenvalue weighted by atomic mass is 35.5. The van der Waals surface area contributed by atoms with Crippen LogP contribution in [0.2, 0.25) is 0 Å². The predicted octanol–water partition coefficient (Wildman–Crippen LogP) is 3.51. The number of piperazine rings is 1.